The van der Waals surface area contributed by atoms with E-state index in [0.717, 1.165) is 17.9 Å². The van der Waals surface area contributed by atoms with E-state index >= 15 is 0 Å². The number of carboxylic acid groups (broad SMARTS) is 1. The molecule has 1 aromatic rings. The minimum absolute atomic E-state index is 0.0653. The molecule has 1 unspecified atom stereocenters. The third kappa shape index (κ3) is 5.17. The van der Waals surface area contributed by atoms with Crippen LogP contribution in [0.2, 0.25) is 0 Å². The number of benzene rings is 1. The van der Waals surface area contributed by atoms with Crippen molar-refractivity contribution in [1.82, 2.24) is 14.7 Å². The van der Waals surface area contributed by atoms with E-state index in [1.54, 1.807) is 6.92 Å². The van der Waals surface area contributed by atoms with Gasteiger partial charge in [0.15, 0.2) is 11.5 Å². The normalized spacial score (nSPS) is 21.5. The highest BCUT2D eigenvalue weighted by molar-refractivity contribution is 7.80. The number of hydrogen-bond donors (Lipinski definition) is 3. The van der Waals surface area contributed by atoms with Crippen molar-refractivity contribution in [2.75, 3.05) is 32.8 Å². The second kappa shape index (κ2) is 10.1. The van der Waals surface area contributed by atoms with Gasteiger partial charge in [0.2, 0.25) is 5.91 Å². The van der Waals surface area contributed by atoms with E-state index in [2.05, 4.69) is 0 Å². The van der Waals surface area contributed by atoms with E-state index in [9.17, 15) is 43.3 Å². The molecule has 0 saturated carbocycles. The molecule has 2 heterocycles. The summed E-state index contributed by atoms with van der Waals surface area (Å²) >= 11 is -3.01. The van der Waals surface area contributed by atoms with E-state index < -0.39 is 64.1 Å². The smallest absolute Gasteiger partial charge is 0.409 e. The summed E-state index contributed by atoms with van der Waals surface area (Å²) in [7, 11) is 0. The Morgan fingerprint density at radius 3 is 2.26 bits per heavy atom. The van der Waals surface area contributed by atoms with Crippen LogP contribution in [-0.2, 0) is 25.4 Å². The number of phenols is 2. The molecule has 35 heavy (non-hydrogen) atoms. The Hall–Kier alpha value is -3.39. The lowest BCUT2D eigenvalue weighted by atomic mass is 9.92. The lowest BCUT2D eigenvalue weighted by molar-refractivity contribution is -0.163. The van der Waals surface area contributed by atoms with Gasteiger partial charge in [0, 0.05) is 44.2 Å². The third-order valence-corrected chi connectivity index (χ3v) is 7.34. The summed E-state index contributed by atoms with van der Waals surface area (Å²) in [6.45, 7) is 2.28. The van der Waals surface area contributed by atoms with Crippen LogP contribution in [0.5, 0.6) is 11.5 Å². The number of aromatic hydroxyl groups is 2. The Morgan fingerprint density at radius 1 is 1.17 bits per heavy atom. The monoisotopic (exact) mass is 512 g/mol. The first kappa shape index (κ1) is 26.2. The molecule has 0 radical (unpaired) electrons. The number of likely N-dealkylation sites (tertiary alicyclic amines) is 1. The zero-order valence-corrected chi connectivity index (χ0v) is 19.9. The number of carboxylic acids is 1. The Kier molecular flexibility index (Phi) is 7.55. The number of hydrogen-bond acceptors (Lipinski definition) is 9. The zero-order chi connectivity index (χ0) is 26.1. The van der Waals surface area contributed by atoms with Crippen LogP contribution < -0.4 is 0 Å². The third-order valence-electron chi connectivity index (χ3n) is 6.23. The number of phenolic OH excluding ortho intramolecular Hbond substituents is 2. The zero-order valence-electron chi connectivity index (χ0n) is 19.1. The van der Waals surface area contributed by atoms with Gasteiger partial charge in [-0.05, 0) is 43.1 Å². The van der Waals surface area contributed by atoms with Crippen molar-refractivity contribution in [3.05, 3.63) is 23.8 Å². The Balaban J connectivity index is 1.61. The van der Waals surface area contributed by atoms with Gasteiger partial charge in [0.05, 0.1) is 4.75 Å². The molecule has 2 fully saturated rings. The van der Waals surface area contributed by atoms with Crippen molar-refractivity contribution >= 4 is 35.0 Å². The maximum Gasteiger partial charge on any atom is 0.409 e. The number of carbonyl (C=O) groups is 4. The summed E-state index contributed by atoms with van der Waals surface area (Å²) in [6.07, 6.45) is -0.791. The predicted octanol–water partition coefficient (Wildman–Crippen LogP) is -0.296. The van der Waals surface area contributed by atoms with Gasteiger partial charge in [-0.1, -0.05) is 0 Å². The predicted molar refractivity (Wildman–Crippen MR) is 118 cm³/mol. The van der Waals surface area contributed by atoms with Crippen molar-refractivity contribution in [1.29, 1.82) is 0 Å². The molecule has 0 aromatic heterocycles. The average molecular weight is 513 g/mol. The summed E-state index contributed by atoms with van der Waals surface area (Å²) in [5, 5.41) is 28.6. The molecule has 192 valence electrons. The Bertz CT molecular complexity index is 1060. The fourth-order valence-corrected chi connectivity index (χ4v) is 4.66. The van der Waals surface area contributed by atoms with Gasteiger partial charge >= 0.3 is 12.1 Å². The van der Waals surface area contributed by atoms with Gasteiger partial charge in [-0.25, -0.2) is 9.59 Å². The molecule has 4 atom stereocenters. The minimum Gasteiger partial charge on any atom is -0.772 e. The van der Waals surface area contributed by atoms with Crippen molar-refractivity contribution in [2.45, 2.75) is 37.1 Å². The van der Waals surface area contributed by atoms with Crippen molar-refractivity contribution in [3.8, 4) is 11.5 Å². The SMILES string of the molecule is C[C@@H]1CC(=O)N1[C@@H](C(=O)O)[C@](C)(COC(=O)N1CCN(C(=O)c2ccc(O)c(O)c2)CC1)S(=O)[O-]. The molecule has 0 bridgehead atoms. The number of carbonyl (C=O) groups excluding carboxylic acids is 3. The van der Waals surface area contributed by atoms with E-state index in [4.69, 9.17) is 4.74 Å². The van der Waals surface area contributed by atoms with E-state index in [0.29, 0.717) is 0 Å². The first-order valence-electron chi connectivity index (χ1n) is 10.7. The topological polar surface area (TPSA) is 188 Å². The molecule has 2 aliphatic rings. The maximum atomic E-state index is 12.6. The minimum atomic E-state index is -3.01. The largest absolute Gasteiger partial charge is 0.772 e. The fraction of sp³-hybridized carbons (Fsp3) is 0.524. The molecule has 13 nitrogen and oxygen atoms in total. The molecular weight excluding hydrogens is 486 g/mol. The molecule has 1 aromatic carbocycles. The summed E-state index contributed by atoms with van der Waals surface area (Å²) < 4.78 is 27.1. The van der Waals surface area contributed by atoms with Gasteiger partial charge in [-0.3, -0.25) is 13.8 Å². The summed E-state index contributed by atoms with van der Waals surface area (Å²) in [6, 6.07) is 1.46. The molecular formula is C21H26N3O10S-. The van der Waals surface area contributed by atoms with E-state index in [1.165, 1.54) is 21.9 Å². The number of ether oxygens (including phenoxy) is 1. The highest BCUT2D eigenvalue weighted by Gasteiger charge is 2.52. The van der Waals surface area contributed by atoms with E-state index in [-0.39, 0.29) is 43.9 Å². The fourth-order valence-electron chi connectivity index (χ4n) is 4.11. The van der Waals surface area contributed by atoms with Crippen molar-refractivity contribution < 1.29 is 48.0 Å². The Labute approximate surface area is 203 Å². The molecule has 3 N–H and O–H groups in total. The van der Waals surface area contributed by atoms with Crippen molar-refractivity contribution in [2.24, 2.45) is 0 Å². The quantitative estimate of drug-likeness (QED) is 0.249. The molecule has 14 heteroatoms. The van der Waals surface area contributed by atoms with Crippen LogP contribution in [0.4, 0.5) is 4.79 Å². The number of amides is 3. The average Bonchev–Trinajstić information content (AvgIpc) is 2.81. The van der Waals surface area contributed by atoms with Crippen LogP contribution in [0.25, 0.3) is 0 Å². The number of nitrogens with zero attached hydrogens (tertiary/aromatic N) is 3. The highest BCUT2D eigenvalue weighted by atomic mass is 32.2. The standard InChI is InChI=1S/C21H27N3O10S/c1-12-9-16(27)24(12)17(19(29)30)21(2,35(32)33)11-34-20(31)23-7-5-22(6-8-23)18(28)13-3-4-14(25)15(26)10-13/h3-4,10,12,17,25-26H,5-9,11H2,1-2H3,(H,29,30)(H,32,33)/p-1/t12-,17+,21+/m1/s1. The summed E-state index contributed by atoms with van der Waals surface area (Å²) in [4.78, 5) is 52.7. The first-order valence-corrected chi connectivity index (χ1v) is 11.8. The number of β-lactam (4-membered cyclic amide) rings is 1. The number of piperazine rings is 1. The summed E-state index contributed by atoms with van der Waals surface area (Å²) in [5.41, 5.74) is 0.152. The highest BCUT2D eigenvalue weighted by Crippen LogP contribution is 2.32. The maximum absolute atomic E-state index is 12.6. The van der Waals surface area contributed by atoms with Gasteiger partial charge < -0.3 is 39.3 Å². The van der Waals surface area contributed by atoms with Crippen molar-refractivity contribution in [3.63, 3.8) is 0 Å². The molecule has 2 saturated heterocycles. The van der Waals surface area contributed by atoms with Crippen LogP contribution in [-0.4, -0.2) is 112 Å². The number of rotatable bonds is 7. The van der Waals surface area contributed by atoms with Gasteiger partial charge in [0.1, 0.15) is 12.6 Å². The van der Waals surface area contributed by atoms with Crippen LogP contribution >= 0.6 is 0 Å². The lowest BCUT2D eigenvalue weighted by Crippen LogP contribution is -2.68. The molecule has 0 spiro atoms. The lowest BCUT2D eigenvalue weighted by Gasteiger charge is -2.49. The van der Waals surface area contributed by atoms with Gasteiger partial charge in [0.25, 0.3) is 5.91 Å². The van der Waals surface area contributed by atoms with Crippen LogP contribution in [0.15, 0.2) is 18.2 Å². The van der Waals surface area contributed by atoms with Gasteiger partial charge in [-0.15, -0.1) is 0 Å². The first-order chi connectivity index (χ1) is 16.4. The van der Waals surface area contributed by atoms with Crippen LogP contribution in [0.3, 0.4) is 0 Å². The second-order valence-electron chi connectivity index (χ2n) is 8.68. The van der Waals surface area contributed by atoms with Gasteiger partial charge in [-0.2, -0.15) is 0 Å². The Morgan fingerprint density at radius 2 is 1.77 bits per heavy atom. The second-order valence-corrected chi connectivity index (χ2v) is 10.1. The molecule has 3 amide bonds. The summed E-state index contributed by atoms with van der Waals surface area (Å²) in [5.74, 6) is -3.25. The molecule has 0 aliphatic carbocycles. The molecule has 2 aliphatic heterocycles. The number of aliphatic carboxylic acids is 1. The molecule has 3 rings (SSSR count). The van der Waals surface area contributed by atoms with E-state index in [1.807, 2.05) is 0 Å². The van der Waals surface area contributed by atoms with Crippen LogP contribution in [0, 0.1) is 0 Å². The van der Waals surface area contributed by atoms with Crippen LogP contribution in [0.1, 0.15) is 30.6 Å².